The Morgan fingerprint density at radius 1 is 1.18 bits per heavy atom. The first-order chi connectivity index (χ1) is 13.3. The number of carbonyl (C=O) groups is 1. The molecule has 0 aliphatic rings. The summed E-state index contributed by atoms with van der Waals surface area (Å²) in [5.41, 5.74) is 2.88. The highest BCUT2D eigenvalue weighted by atomic mass is 35.5. The molecule has 10 heteroatoms. The maximum atomic E-state index is 12.5. The molecule has 150 valence electrons. The van der Waals surface area contributed by atoms with E-state index in [1.165, 1.54) is 51.7 Å². The van der Waals surface area contributed by atoms with Crippen LogP contribution in [0.2, 0.25) is 5.02 Å². The Balaban J connectivity index is 2.02. The molecule has 1 amide bonds. The molecule has 0 fully saturated rings. The smallest absolute Gasteiger partial charge is 0.255 e. The molecule has 28 heavy (non-hydrogen) atoms. The summed E-state index contributed by atoms with van der Waals surface area (Å²) in [6, 6.07) is 10.8. The van der Waals surface area contributed by atoms with Crippen LogP contribution >= 0.6 is 11.6 Å². The predicted molar refractivity (Wildman–Crippen MR) is 107 cm³/mol. The summed E-state index contributed by atoms with van der Waals surface area (Å²) < 4.78 is 36.2. The van der Waals surface area contributed by atoms with E-state index in [9.17, 15) is 13.2 Å². The molecular weight excluding hydrogens is 406 g/mol. The topological polar surface area (TPSA) is 97.3 Å². The normalized spacial score (nSPS) is 11.6. The summed E-state index contributed by atoms with van der Waals surface area (Å²) in [4.78, 5) is 12.1. The largest absolute Gasteiger partial charge is 0.497 e. The quantitative estimate of drug-likeness (QED) is 0.516. The highest BCUT2D eigenvalue weighted by molar-refractivity contribution is 7.89. The number of benzene rings is 2. The van der Waals surface area contributed by atoms with Gasteiger partial charge in [0, 0.05) is 17.6 Å². The van der Waals surface area contributed by atoms with Crippen LogP contribution in [-0.4, -0.2) is 52.7 Å². The van der Waals surface area contributed by atoms with Crippen LogP contribution in [0.15, 0.2) is 52.5 Å². The molecule has 0 aliphatic heterocycles. The van der Waals surface area contributed by atoms with Crippen molar-refractivity contribution in [3.05, 3.63) is 53.1 Å². The molecule has 8 nitrogen and oxygen atoms in total. The van der Waals surface area contributed by atoms with E-state index in [1.54, 1.807) is 18.2 Å². The van der Waals surface area contributed by atoms with Gasteiger partial charge in [-0.2, -0.15) is 9.41 Å². The maximum Gasteiger partial charge on any atom is 0.255 e. The molecule has 0 radical (unpaired) electrons. The number of likely N-dealkylation sites (N-methyl/N-ethyl adjacent to an activating group) is 1. The van der Waals surface area contributed by atoms with Gasteiger partial charge in [0.1, 0.15) is 11.5 Å². The summed E-state index contributed by atoms with van der Waals surface area (Å²) in [5, 5.41) is 4.26. The number of nitrogens with one attached hydrogen (secondary N) is 1. The van der Waals surface area contributed by atoms with E-state index < -0.39 is 22.5 Å². The lowest BCUT2D eigenvalue weighted by molar-refractivity contribution is -0.121. The number of nitrogens with zero attached hydrogens (tertiary/aromatic N) is 2. The van der Waals surface area contributed by atoms with Gasteiger partial charge in [-0.25, -0.2) is 13.8 Å². The predicted octanol–water partition coefficient (Wildman–Crippen LogP) is 2.13. The number of methoxy groups -OCH3 is 2. The van der Waals surface area contributed by atoms with E-state index in [0.717, 1.165) is 4.31 Å². The third-order valence-corrected chi connectivity index (χ3v) is 5.79. The van der Waals surface area contributed by atoms with Crippen molar-refractivity contribution in [2.24, 2.45) is 5.10 Å². The maximum absolute atomic E-state index is 12.5. The number of rotatable bonds is 8. The van der Waals surface area contributed by atoms with Crippen molar-refractivity contribution in [1.29, 1.82) is 0 Å². The Morgan fingerprint density at radius 3 is 2.46 bits per heavy atom. The van der Waals surface area contributed by atoms with Crippen LogP contribution in [0.25, 0.3) is 0 Å². The number of ether oxygens (including phenoxy) is 2. The van der Waals surface area contributed by atoms with Crippen molar-refractivity contribution in [3.63, 3.8) is 0 Å². The Morgan fingerprint density at radius 2 is 1.86 bits per heavy atom. The number of carbonyl (C=O) groups excluding carboxylic acids is 1. The molecule has 2 aromatic rings. The Hall–Kier alpha value is -2.62. The molecule has 0 heterocycles. The average molecular weight is 426 g/mol. The van der Waals surface area contributed by atoms with E-state index in [-0.39, 0.29) is 4.90 Å². The summed E-state index contributed by atoms with van der Waals surface area (Å²) in [5.74, 6) is 0.543. The monoisotopic (exact) mass is 425 g/mol. The summed E-state index contributed by atoms with van der Waals surface area (Å²) in [7, 11) is 0.519. The van der Waals surface area contributed by atoms with Crippen molar-refractivity contribution in [2.45, 2.75) is 4.90 Å². The molecule has 0 aromatic heterocycles. The minimum atomic E-state index is -3.82. The second-order valence-electron chi connectivity index (χ2n) is 5.62. The van der Waals surface area contributed by atoms with Crippen molar-refractivity contribution in [1.82, 2.24) is 9.73 Å². The molecule has 0 spiro atoms. The van der Waals surface area contributed by atoms with Gasteiger partial charge in [0.05, 0.1) is 31.9 Å². The number of hydrogen-bond donors (Lipinski definition) is 1. The van der Waals surface area contributed by atoms with E-state index in [4.69, 9.17) is 21.1 Å². The SMILES string of the molecule is COc1ccc(OC)c(/C=N\NC(=O)CN(C)S(=O)(=O)c2ccc(Cl)cc2)c1. The fourth-order valence-corrected chi connectivity index (χ4v) is 3.48. The Bertz CT molecular complexity index is 962. The van der Waals surface area contributed by atoms with Crippen LogP contribution in [0.3, 0.4) is 0 Å². The minimum absolute atomic E-state index is 0.0387. The minimum Gasteiger partial charge on any atom is -0.497 e. The van der Waals surface area contributed by atoms with Crippen molar-refractivity contribution in [2.75, 3.05) is 27.8 Å². The Kier molecular flexibility index (Phi) is 7.38. The molecule has 0 atom stereocenters. The highest BCUT2D eigenvalue weighted by Crippen LogP contribution is 2.22. The zero-order chi connectivity index (χ0) is 20.7. The second kappa shape index (κ2) is 9.54. The Labute approximate surface area is 168 Å². The van der Waals surface area contributed by atoms with Gasteiger partial charge in [-0.1, -0.05) is 11.6 Å². The lowest BCUT2D eigenvalue weighted by Crippen LogP contribution is -2.36. The zero-order valence-corrected chi connectivity index (χ0v) is 17.1. The number of hydrogen-bond acceptors (Lipinski definition) is 6. The summed E-state index contributed by atoms with van der Waals surface area (Å²) in [6.45, 7) is -0.405. The van der Waals surface area contributed by atoms with Gasteiger partial charge in [-0.15, -0.1) is 0 Å². The first kappa shape index (κ1) is 21.7. The lowest BCUT2D eigenvalue weighted by atomic mass is 10.2. The number of sulfonamides is 1. The van der Waals surface area contributed by atoms with E-state index in [2.05, 4.69) is 10.5 Å². The first-order valence-corrected chi connectivity index (χ1v) is 9.85. The molecule has 1 N–H and O–H groups in total. The van der Waals surface area contributed by atoms with E-state index in [0.29, 0.717) is 22.1 Å². The van der Waals surface area contributed by atoms with Gasteiger partial charge in [-0.3, -0.25) is 4.79 Å². The zero-order valence-electron chi connectivity index (χ0n) is 15.5. The van der Waals surface area contributed by atoms with Crippen molar-refractivity contribution < 1.29 is 22.7 Å². The fraction of sp³-hybridized carbons (Fsp3) is 0.222. The average Bonchev–Trinajstić information content (AvgIpc) is 2.68. The van der Waals surface area contributed by atoms with Crippen molar-refractivity contribution >= 4 is 33.7 Å². The fourth-order valence-electron chi connectivity index (χ4n) is 2.22. The van der Waals surface area contributed by atoms with Crippen LogP contribution in [0.4, 0.5) is 0 Å². The summed E-state index contributed by atoms with van der Waals surface area (Å²) >= 11 is 5.77. The molecule has 2 aromatic carbocycles. The summed E-state index contributed by atoms with van der Waals surface area (Å²) in [6.07, 6.45) is 1.38. The molecular formula is C18H20ClN3O5S. The second-order valence-corrected chi connectivity index (χ2v) is 8.10. The van der Waals surface area contributed by atoms with Gasteiger partial charge in [0.15, 0.2) is 0 Å². The first-order valence-electron chi connectivity index (χ1n) is 8.03. The van der Waals surface area contributed by atoms with E-state index in [1.807, 2.05) is 0 Å². The molecule has 0 saturated heterocycles. The standard InChI is InChI=1S/C18H20ClN3O5S/c1-22(28(24,25)16-7-4-14(19)5-8-16)12-18(23)21-20-11-13-10-15(26-2)6-9-17(13)27-3/h4-11H,12H2,1-3H3,(H,21,23)/b20-11-. The van der Waals surface area contributed by atoms with Gasteiger partial charge in [0.2, 0.25) is 10.0 Å². The number of halogens is 1. The van der Waals surface area contributed by atoms with Gasteiger partial charge in [0.25, 0.3) is 5.91 Å². The lowest BCUT2D eigenvalue weighted by Gasteiger charge is -2.16. The highest BCUT2D eigenvalue weighted by Gasteiger charge is 2.22. The molecule has 0 unspecified atom stereocenters. The van der Waals surface area contributed by atoms with Gasteiger partial charge in [-0.05, 0) is 42.5 Å². The van der Waals surface area contributed by atoms with Crippen molar-refractivity contribution in [3.8, 4) is 11.5 Å². The van der Waals surface area contributed by atoms with Crippen LogP contribution < -0.4 is 14.9 Å². The van der Waals surface area contributed by atoms with Crippen LogP contribution in [0.5, 0.6) is 11.5 Å². The molecule has 0 bridgehead atoms. The van der Waals surface area contributed by atoms with Gasteiger partial charge < -0.3 is 9.47 Å². The van der Waals surface area contributed by atoms with Crippen LogP contribution in [0, 0.1) is 0 Å². The van der Waals surface area contributed by atoms with Gasteiger partial charge >= 0.3 is 0 Å². The van der Waals surface area contributed by atoms with E-state index >= 15 is 0 Å². The van der Waals surface area contributed by atoms with Crippen LogP contribution in [-0.2, 0) is 14.8 Å². The number of amides is 1. The molecule has 2 rings (SSSR count). The number of hydrazone groups is 1. The van der Waals surface area contributed by atoms with Crippen LogP contribution in [0.1, 0.15) is 5.56 Å². The molecule has 0 saturated carbocycles. The third-order valence-electron chi connectivity index (χ3n) is 3.72. The molecule has 0 aliphatic carbocycles. The third kappa shape index (κ3) is 5.44.